The molecule has 0 bridgehead atoms. The van der Waals surface area contributed by atoms with E-state index < -0.39 is 5.97 Å². The highest BCUT2D eigenvalue weighted by molar-refractivity contribution is 5.92. The van der Waals surface area contributed by atoms with Crippen molar-refractivity contribution in [3.8, 4) is 12.3 Å². The van der Waals surface area contributed by atoms with Crippen LogP contribution in [0.15, 0.2) is 147 Å². The first-order valence-corrected chi connectivity index (χ1v) is 11.0. The van der Waals surface area contributed by atoms with Crippen LogP contribution in [0.3, 0.4) is 0 Å². The van der Waals surface area contributed by atoms with E-state index in [0.29, 0.717) is 16.9 Å². The van der Waals surface area contributed by atoms with Crippen molar-refractivity contribution in [2.45, 2.75) is 0 Å². The van der Waals surface area contributed by atoms with Crippen LogP contribution in [0.2, 0.25) is 0 Å². The Hall–Kier alpha value is -5.36. The number of hydrogen-bond donors (Lipinski definition) is 1. The van der Waals surface area contributed by atoms with Crippen LogP contribution >= 0.6 is 0 Å². The van der Waals surface area contributed by atoms with Crippen molar-refractivity contribution in [3.63, 3.8) is 0 Å². The minimum absolute atomic E-state index is 0.331. The number of carbonyl (C=O) groups is 2. The Morgan fingerprint density at radius 2 is 1.00 bits per heavy atom. The van der Waals surface area contributed by atoms with Crippen LogP contribution in [-0.2, 0) is 4.74 Å². The summed E-state index contributed by atoms with van der Waals surface area (Å²) in [5.74, 6) is 1.62. The highest BCUT2D eigenvalue weighted by Gasteiger charge is 2.09. The largest absolute Gasteiger partial charge is 0.478 e. The normalized spacial score (nSPS) is 8.51. The molecule has 37 heavy (non-hydrogen) atoms. The van der Waals surface area contributed by atoms with Crippen molar-refractivity contribution in [1.29, 1.82) is 0 Å². The Bertz CT molecular complexity index is 1250. The van der Waals surface area contributed by atoms with Gasteiger partial charge in [0.15, 0.2) is 0 Å². The molecule has 0 saturated heterocycles. The Morgan fingerprint density at radius 3 is 1.32 bits per heavy atom. The Balaban J connectivity index is 0.000000288. The van der Waals surface area contributed by atoms with Gasteiger partial charge in [-0.2, -0.15) is 0 Å². The predicted molar refractivity (Wildman–Crippen MR) is 150 cm³/mol. The maximum Gasteiger partial charge on any atom is 0.343 e. The lowest BCUT2D eigenvalue weighted by Gasteiger charge is -2.07. The maximum atomic E-state index is 11.7. The third-order valence-electron chi connectivity index (χ3n) is 4.28. The molecule has 4 rings (SSSR count). The number of hydrogen-bond acceptors (Lipinski definition) is 3. The molecule has 4 heteroatoms. The predicted octanol–water partition coefficient (Wildman–Crippen LogP) is 7.52. The molecule has 0 aromatic heterocycles. The lowest BCUT2D eigenvalue weighted by Crippen LogP contribution is -2.03. The molecule has 0 aliphatic rings. The number of rotatable bonds is 4. The summed E-state index contributed by atoms with van der Waals surface area (Å²) in [7, 11) is 0. The molecule has 184 valence electrons. The van der Waals surface area contributed by atoms with Crippen LogP contribution in [0.1, 0.15) is 31.8 Å². The zero-order valence-corrected chi connectivity index (χ0v) is 20.4. The third-order valence-corrected chi connectivity index (χ3v) is 4.28. The highest BCUT2D eigenvalue weighted by atomic mass is 16.5. The number of carbonyl (C=O) groups excluding carboxylic acids is 1. The fourth-order valence-corrected chi connectivity index (χ4v) is 2.54. The summed E-state index contributed by atoms with van der Waals surface area (Å²) < 4.78 is 5.19. The van der Waals surface area contributed by atoms with Gasteiger partial charge in [0, 0.05) is 11.1 Å². The van der Waals surface area contributed by atoms with Gasteiger partial charge in [-0.15, -0.1) is 12.2 Å². The summed E-state index contributed by atoms with van der Waals surface area (Å²) in [6, 6.07) is 36.1. The number of carboxylic acids is 1. The van der Waals surface area contributed by atoms with Crippen LogP contribution in [-0.4, -0.2) is 17.0 Å². The van der Waals surface area contributed by atoms with E-state index >= 15 is 0 Å². The molecule has 0 unspecified atom stereocenters. The molecule has 0 aliphatic carbocycles. The van der Waals surface area contributed by atoms with Crippen molar-refractivity contribution >= 4 is 17.7 Å². The first-order valence-electron chi connectivity index (χ1n) is 11.0. The smallest absolute Gasteiger partial charge is 0.343 e. The van der Waals surface area contributed by atoms with Crippen molar-refractivity contribution in [3.05, 3.63) is 169 Å². The molecule has 0 aliphatic heterocycles. The number of ether oxygens (including phenoxy) is 1. The SMILES string of the molecule is C#Cc1ccccc1.C=C(OC(=O)c1ccccc1)c1ccccc1.C=C=C.O=C(O)c1ccccc1. The second-order valence-corrected chi connectivity index (χ2v) is 6.98. The number of esters is 1. The van der Waals surface area contributed by atoms with Gasteiger partial charge in [0.05, 0.1) is 11.1 Å². The zero-order valence-electron chi connectivity index (χ0n) is 20.4. The summed E-state index contributed by atoms with van der Waals surface area (Å²) in [6.07, 6.45) is 5.10. The molecule has 0 fully saturated rings. The second kappa shape index (κ2) is 18.0. The van der Waals surface area contributed by atoms with Crippen LogP contribution in [0, 0.1) is 12.3 Å². The topological polar surface area (TPSA) is 63.6 Å². The summed E-state index contributed by atoms with van der Waals surface area (Å²) >= 11 is 0. The lowest BCUT2D eigenvalue weighted by molar-refractivity contribution is 0.0684. The molecule has 0 spiro atoms. The van der Waals surface area contributed by atoms with E-state index in [9.17, 15) is 9.59 Å². The van der Waals surface area contributed by atoms with Crippen LogP contribution < -0.4 is 0 Å². The standard InChI is InChI=1S/C15H12O2.C8H6.C7H6O2.C3H4/c1-12(13-8-4-2-5-9-13)17-15(16)14-10-6-3-7-11-14;1-2-8-6-4-3-5-7-8;8-7(9)6-4-2-1-3-5-6;1-3-2/h2-11H,1H2;1,3-7H;1-5H,(H,8,9);1-2H2. The van der Waals surface area contributed by atoms with Crippen LogP contribution in [0.5, 0.6) is 0 Å². The molecule has 1 N–H and O–H groups in total. The molecule has 4 aromatic rings. The first-order chi connectivity index (χ1) is 17.9. The number of aromatic carboxylic acids is 1. The van der Waals surface area contributed by atoms with Gasteiger partial charge in [-0.25, -0.2) is 9.59 Å². The fraction of sp³-hybridized carbons (Fsp3) is 0. The molecule has 4 nitrogen and oxygen atoms in total. The van der Waals surface area contributed by atoms with Gasteiger partial charge >= 0.3 is 11.9 Å². The molecular weight excluding hydrogens is 460 g/mol. The van der Waals surface area contributed by atoms with Gasteiger partial charge in [0.2, 0.25) is 0 Å². The Morgan fingerprint density at radius 1 is 0.649 bits per heavy atom. The van der Waals surface area contributed by atoms with E-state index in [1.54, 1.807) is 54.6 Å². The monoisotopic (exact) mass is 488 g/mol. The molecule has 0 radical (unpaired) electrons. The van der Waals surface area contributed by atoms with E-state index in [2.05, 4.69) is 31.4 Å². The highest BCUT2D eigenvalue weighted by Crippen LogP contribution is 2.15. The summed E-state index contributed by atoms with van der Waals surface area (Å²) in [5, 5.41) is 8.38. The molecule has 4 aromatic carbocycles. The average molecular weight is 489 g/mol. The van der Waals surface area contributed by atoms with Crippen molar-refractivity contribution < 1.29 is 19.4 Å². The van der Waals surface area contributed by atoms with Gasteiger partial charge in [-0.3, -0.25) is 0 Å². The molecule has 0 heterocycles. The lowest BCUT2D eigenvalue weighted by atomic mass is 10.2. The average Bonchev–Trinajstić information content (AvgIpc) is 2.96. The van der Waals surface area contributed by atoms with Gasteiger partial charge in [-0.05, 0) is 36.4 Å². The first kappa shape index (κ1) is 29.7. The number of terminal acetylenes is 1. The molecular formula is C33H28O4. The van der Waals surface area contributed by atoms with Crippen LogP contribution in [0.4, 0.5) is 0 Å². The van der Waals surface area contributed by atoms with Crippen LogP contribution in [0.25, 0.3) is 5.76 Å². The van der Waals surface area contributed by atoms with Crippen molar-refractivity contribution in [2.24, 2.45) is 0 Å². The summed E-state index contributed by atoms with van der Waals surface area (Å²) in [4.78, 5) is 21.9. The second-order valence-electron chi connectivity index (χ2n) is 6.98. The van der Waals surface area contributed by atoms with Crippen molar-refractivity contribution in [2.75, 3.05) is 0 Å². The molecule has 0 amide bonds. The van der Waals surface area contributed by atoms with Gasteiger partial charge in [0.1, 0.15) is 5.76 Å². The zero-order chi connectivity index (χ0) is 27.3. The van der Waals surface area contributed by atoms with E-state index in [1.165, 1.54) is 0 Å². The van der Waals surface area contributed by atoms with Gasteiger partial charge in [0.25, 0.3) is 0 Å². The van der Waals surface area contributed by atoms with E-state index in [1.807, 2.05) is 66.7 Å². The molecule has 0 atom stereocenters. The van der Waals surface area contributed by atoms with Gasteiger partial charge in [-0.1, -0.05) is 111 Å². The third kappa shape index (κ3) is 12.6. The van der Waals surface area contributed by atoms with E-state index in [4.69, 9.17) is 16.3 Å². The summed E-state index contributed by atoms with van der Waals surface area (Å²) in [6.45, 7) is 10.00. The number of benzene rings is 4. The number of carboxylic acid groups (broad SMARTS) is 1. The Labute approximate surface area is 218 Å². The fourth-order valence-electron chi connectivity index (χ4n) is 2.54. The minimum atomic E-state index is -0.879. The maximum absolute atomic E-state index is 11.7. The van der Waals surface area contributed by atoms with Crippen molar-refractivity contribution in [1.82, 2.24) is 0 Å². The summed E-state index contributed by atoms with van der Waals surface area (Å²) in [5.41, 5.74) is 4.84. The minimum Gasteiger partial charge on any atom is -0.478 e. The molecule has 0 saturated carbocycles. The van der Waals surface area contributed by atoms with E-state index in [0.717, 1.165) is 11.1 Å². The Kier molecular flexibility index (Phi) is 14.5. The van der Waals surface area contributed by atoms with E-state index in [-0.39, 0.29) is 5.97 Å². The van der Waals surface area contributed by atoms with Gasteiger partial charge < -0.3 is 9.84 Å². The quantitative estimate of drug-likeness (QED) is 0.140.